The van der Waals surface area contributed by atoms with Crippen molar-refractivity contribution in [2.24, 2.45) is 5.92 Å². The van der Waals surface area contributed by atoms with Gasteiger partial charge in [0.25, 0.3) is 5.69 Å². The molecular weight excluding hydrogens is 411 g/mol. The minimum atomic E-state index is -3.65. The number of carbonyl (C=O) groups excluding carboxylic acids is 1. The number of carbonyl (C=O) groups is 1. The van der Waals surface area contributed by atoms with E-state index in [-0.39, 0.29) is 46.8 Å². The van der Waals surface area contributed by atoms with Gasteiger partial charge >= 0.3 is 13.9 Å². The average molecular weight is 435 g/mol. The van der Waals surface area contributed by atoms with Crippen molar-refractivity contribution in [3.8, 4) is 11.1 Å². The number of rotatable bonds is 5. The SMILES string of the molecule is CCC1CO[P+](O)(c2c(C)nc(C)c(C(=O)OC)c2-c2ccccc2[N+](=O)[O-])OC1. The topological polar surface area (TPSA) is 121 Å². The van der Waals surface area contributed by atoms with Crippen molar-refractivity contribution in [2.45, 2.75) is 27.2 Å². The van der Waals surface area contributed by atoms with E-state index in [1.165, 1.54) is 25.3 Å². The summed E-state index contributed by atoms with van der Waals surface area (Å²) in [6, 6.07) is 6.01. The van der Waals surface area contributed by atoms with Crippen LogP contribution in [0.4, 0.5) is 5.69 Å². The summed E-state index contributed by atoms with van der Waals surface area (Å²) < 4.78 is 16.5. The van der Waals surface area contributed by atoms with Crippen molar-refractivity contribution in [2.75, 3.05) is 20.3 Å². The fraction of sp³-hybridized carbons (Fsp3) is 0.400. The number of aryl methyl sites for hydroxylation is 2. The molecule has 1 aromatic carbocycles. The lowest BCUT2D eigenvalue weighted by Crippen LogP contribution is -2.32. The molecule has 0 saturated carbocycles. The Balaban J connectivity index is 2.36. The smallest absolute Gasteiger partial charge is 0.448 e. The molecule has 1 fully saturated rings. The second-order valence-electron chi connectivity index (χ2n) is 7.03. The van der Waals surface area contributed by atoms with Crippen LogP contribution in [-0.2, 0) is 13.8 Å². The molecule has 9 nitrogen and oxygen atoms in total. The number of ether oxygens (including phenoxy) is 1. The summed E-state index contributed by atoms with van der Waals surface area (Å²) in [7, 11) is -2.43. The first-order valence-electron chi connectivity index (χ1n) is 9.48. The highest BCUT2D eigenvalue weighted by atomic mass is 31.2. The van der Waals surface area contributed by atoms with Crippen molar-refractivity contribution < 1.29 is 28.4 Å². The maximum atomic E-state index is 12.7. The number of pyridine rings is 1. The lowest BCUT2D eigenvalue weighted by Gasteiger charge is -2.28. The molecule has 1 aromatic heterocycles. The summed E-state index contributed by atoms with van der Waals surface area (Å²) in [5, 5.41) is 11.9. The largest absolute Gasteiger partial charge is 0.465 e. The van der Waals surface area contributed by atoms with Crippen LogP contribution >= 0.6 is 7.94 Å². The van der Waals surface area contributed by atoms with Crippen molar-refractivity contribution in [3.63, 3.8) is 0 Å². The van der Waals surface area contributed by atoms with Crippen LogP contribution in [0, 0.1) is 29.9 Å². The van der Waals surface area contributed by atoms with E-state index in [0.717, 1.165) is 6.42 Å². The number of aromatic nitrogens is 1. The zero-order chi connectivity index (χ0) is 22.1. The second-order valence-corrected chi connectivity index (χ2v) is 9.04. The number of nitro benzene ring substituents is 1. The van der Waals surface area contributed by atoms with Crippen molar-refractivity contribution in [1.82, 2.24) is 4.98 Å². The Labute approximate surface area is 174 Å². The number of benzene rings is 1. The van der Waals surface area contributed by atoms with Crippen LogP contribution < -0.4 is 5.30 Å². The number of nitro groups is 1. The van der Waals surface area contributed by atoms with Crippen LogP contribution in [-0.4, -0.2) is 41.1 Å². The van der Waals surface area contributed by atoms with E-state index in [4.69, 9.17) is 13.8 Å². The molecular formula is C20H24N2O7P+. The average Bonchev–Trinajstić information content (AvgIpc) is 2.73. The highest BCUT2D eigenvalue weighted by Crippen LogP contribution is 2.61. The highest BCUT2D eigenvalue weighted by molar-refractivity contribution is 7.69. The van der Waals surface area contributed by atoms with E-state index in [1.54, 1.807) is 19.9 Å². The van der Waals surface area contributed by atoms with Crippen LogP contribution in [0.1, 0.15) is 35.1 Å². The van der Waals surface area contributed by atoms with Gasteiger partial charge in [-0.15, -0.1) is 0 Å². The fourth-order valence-corrected chi connectivity index (χ4v) is 5.64. The monoisotopic (exact) mass is 435 g/mol. The molecule has 0 atom stereocenters. The maximum Gasteiger partial charge on any atom is 0.448 e. The second kappa shape index (κ2) is 8.73. The number of hydrogen-bond donors (Lipinski definition) is 1. The lowest BCUT2D eigenvalue weighted by atomic mass is 9.96. The van der Waals surface area contributed by atoms with Crippen LogP contribution in [0.25, 0.3) is 11.1 Å². The van der Waals surface area contributed by atoms with Gasteiger partial charge in [0, 0.05) is 12.0 Å². The lowest BCUT2D eigenvalue weighted by molar-refractivity contribution is -0.384. The van der Waals surface area contributed by atoms with Gasteiger partial charge in [0.05, 0.1) is 40.1 Å². The highest BCUT2D eigenvalue weighted by Gasteiger charge is 2.53. The molecule has 160 valence electrons. The molecule has 10 heteroatoms. The van der Waals surface area contributed by atoms with Gasteiger partial charge in [-0.1, -0.05) is 19.1 Å². The van der Waals surface area contributed by atoms with E-state index in [1.807, 2.05) is 6.92 Å². The summed E-state index contributed by atoms with van der Waals surface area (Å²) >= 11 is 0. The molecule has 2 aromatic rings. The van der Waals surface area contributed by atoms with E-state index in [2.05, 4.69) is 4.98 Å². The molecule has 0 unspecified atom stereocenters. The number of hydrogen-bond acceptors (Lipinski definition) is 8. The zero-order valence-corrected chi connectivity index (χ0v) is 18.1. The summed E-state index contributed by atoms with van der Waals surface area (Å²) in [5.41, 5.74) is 0.828. The van der Waals surface area contributed by atoms with E-state index in [0.29, 0.717) is 11.4 Å². The maximum absolute atomic E-state index is 12.7. The normalized spacial score (nSPS) is 21.3. The minimum Gasteiger partial charge on any atom is -0.465 e. The molecule has 0 amide bonds. The van der Waals surface area contributed by atoms with Crippen LogP contribution in [0.15, 0.2) is 24.3 Å². The van der Waals surface area contributed by atoms with Gasteiger partial charge in [0.2, 0.25) is 5.30 Å². The zero-order valence-electron chi connectivity index (χ0n) is 17.2. The molecule has 1 aliphatic heterocycles. The molecule has 0 bridgehead atoms. The Morgan fingerprint density at radius 1 is 1.30 bits per heavy atom. The van der Waals surface area contributed by atoms with Crippen molar-refractivity contribution in [1.29, 1.82) is 0 Å². The summed E-state index contributed by atoms with van der Waals surface area (Å²) in [4.78, 5) is 39.6. The van der Waals surface area contributed by atoms with Crippen LogP contribution in [0.3, 0.4) is 0 Å². The first-order chi connectivity index (χ1) is 14.2. The van der Waals surface area contributed by atoms with Gasteiger partial charge in [-0.05, 0) is 26.3 Å². The molecule has 30 heavy (non-hydrogen) atoms. The third-order valence-corrected chi connectivity index (χ3v) is 7.23. The first-order valence-corrected chi connectivity index (χ1v) is 11.1. The van der Waals surface area contributed by atoms with Gasteiger partial charge in [-0.2, -0.15) is 13.9 Å². The van der Waals surface area contributed by atoms with Gasteiger partial charge in [-0.25, -0.2) is 4.79 Å². The fourth-order valence-electron chi connectivity index (χ4n) is 3.51. The van der Waals surface area contributed by atoms with E-state index < -0.39 is 18.8 Å². The first kappa shape index (κ1) is 22.2. The van der Waals surface area contributed by atoms with Gasteiger partial charge in [0.1, 0.15) is 13.2 Å². The quantitative estimate of drug-likeness (QED) is 0.328. The molecule has 1 aliphatic rings. The van der Waals surface area contributed by atoms with Gasteiger partial charge in [0.15, 0.2) is 0 Å². The van der Waals surface area contributed by atoms with Crippen molar-refractivity contribution in [3.05, 3.63) is 51.3 Å². The molecule has 2 heterocycles. The molecule has 0 aliphatic carbocycles. The van der Waals surface area contributed by atoms with Crippen molar-refractivity contribution >= 4 is 24.9 Å². The standard InChI is InChI=1S/C20H24N2O7P/c1-5-14-10-28-30(26,29-11-14)19-13(3)21-12(2)17(20(23)27-4)18(19)15-8-6-7-9-16(15)22(24)25/h6-9,14,26H,5,10-11H2,1-4H3/q+1. The van der Waals surface area contributed by atoms with Gasteiger partial charge in [-0.3, -0.25) is 15.1 Å². The Morgan fingerprint density at radius 2 is 1.93 bits per heavy atom. The Bertz CT molecular complexity index is 987. The number of esters is 1. The molecule has 3 rings (SSSR count). The third-order valence-electron chi connectivity index (χ3n) is 5.12. The van der Waals surface area contributed by atoms with Gasteiger partial charge < -0.3 is 4.74 Å². The van der Waals surface area contributed by atoms with Crippen LogP contribution in [0.2, 0.25) is 0 Å². The van der Waals surface area contributed by atoms with E-state index in [9.17, 15) is 19.8 Å². The molecule has 0 spiro atoms. The van der Waals surface area contributed by atoms with E-state index >= 15 is 0 Å². The number of nitrogens with zero attached hydrogens (tertiary/aromatic N) is 2. The molecule has 1 N–H and O–H groups in total. The summed E-state index contributed by atoms with van der Waals surface area (Å²) in [5.74, 6) is -0.594. The molecule has 0 radical (unpaired) electrons. The number of methoxy groups -OCH3 is 1. The molecule has 1 saturated heterocycles. The predicted octanol–water partition coefficient (Wildman–Crippen LogP) is 3.51. The third kappa shape index (κ3) is 3.94. The Kier molecular flexibility index (Phi) is 6.47. The Hall–Kier alpha value is -2.45. The summed E-state index contributed by atoms with van der Waals surface area (Å²) in [6.45, 7) is 5.81. The number of para-hydroxylation sites is 1. The van der Waals surface area contributed by atoms with Crippen LogP contribution in [0.5, 0.6) is 0 Å². The minimum absolute atomic E-state index is 0.0330. The Morgan fingerprint density at radius 3 is 2.50 bits per heavy atom. The predicted molar refractivity (Wildman–Crippen MR) is 112 cm³/mol. The summed E-state index contributed by atoms with van der Waals surface area (Å²) in [6.07, 6.45) is 0.815.